The number of amides is 1. The molecule has 0 bridgehead atoms. The highest BCUT2D eigenvalue weighted by atomic mass is 19.4. The van der Waals surface area contributed by atoms with Crippen LogP contribution < -0.4 is 0 Å². The van der Waals surface area contributed by atoms with Crippen LogP contribution in [0.3, 0.4) is 0 Å². The molecule has 0 radical (unpaired) electrons. The fourth-order valence-electron chi connectivity index (χ4n) is 3.52. The number of halogens is 5. The van der Waals surface area contributed by atoms with Crippen molar-refractivity contribution < 1.29 is 26.7 Å². The molecule has 0 aliphatic carbocycles. The van der Waals surface area contributed by atoms with Crippen LogP contribution in [-0.4, -0.2) is 41.9 Å². The summed E-state index contributed by atoms with van der Waals surface area (Å²) in [4.78, 5) is 16.6. The Balaban J connectivity index is 1.95. The molecule has 0 N–H and O–H groups in total. The molecular weight excluding hydrogens is 391 g/mol. The van der Waals surface area contributed by atoms with Crippen LogP contribution in [0.4, 0.5) is 22.0 Å². The molecule has 1 aliphatic rings. The van der Waals surface area contributed by atoms with Gasteiger partial charge in [0.1, 0.15) is 11.6 Å². The zero-order valence-corrected chi connectivity index (χ0v) is 15.8. The average Bonchev–Trinajstić information content (AvgIpc) is 2.67. The van der Waals surface area contributed by atoms with Gasteiger partial charge in [0.15, 0.2) is 0 Å². The zero-order chi connectivity index (χ0) is 21.2. The summed E-state index contributed by atoms with van der Waals surface area (Å²) in [6.07, 6.45) is -3.68. The number of hydrogen-bond acceptors (Lipinski definition) is 2. The Kier molecular flexibility index (Phi) is 6.21. The van der Waals surface area contributed by atoms with Gasteiger partial charge in [-0.25, -0.2) is 8.78 Å². The number of piperidine rings is 1. The normalized spacial score (nSPS) is 16.1. The lowest BCUT2D eigenvalue weighted by atomic mass is 10.0. The van der Waals surface area contributed by atoms with Crippen LogP contribution in [0.25, 0.3) is 0 Å². The van der Waals surface area contributed by atoms with Crippen molar-refractivity contribution in [2.75, 3.05) is 20.1 Å². The van der Waals surface area contributed by atoms with Crippen LogP contribution in [0.5, 0.6) is 0 Å². The monoisotopic (exact) mass is 412 g/mol. The van der Waals surface area contributed by atoms with E-state index in [-0.39, 0.29) is 23.7 Å². The second kappa shape index (κ2) is 8.49. The number of nitrogens with zero attached hydrogens (tertiary/aromatic N) is 2. The smallest absolute Gasteiger partial charge is 0.331 e. The maximum Gasteiger partial charge on any atom is 0.419 e. The lowest BCUT2D eigenvalue weighted by Gasteiger charge is -2.37. The molecule has 2 aromatic rings. The summed E-state index contributed by atoms with van der Waals surface area (Å²) in [5, 5.41) is 0. The van der Waals surface area contributed by atoms with Crippen LogP contribution >= 0.6 is 0 Å². The van der Waals surface area contributed by atoms with E-state index in [1.165, 1.54) is 23.1 Å². The third-order valence-corrected chi connectivity index (χ3v) is 5.21. The van der Waals surface area contributed by atoms with E-state index in [1.807, 2.05) is 7.05 Å². The molecule has 0 spiro atoms. The Labute approximate surface area is 165 Å². The Hall–Kier alpha value is -2.48. The topological polar surface area (TPSA) is 23.6 Å². The van der Waals surface area contributed by atoms with E-state index in [1.54, 1.807) is 6.07 Å². The van der Waals surface area contributed by atoms with Crippen molar-refractivity contribution in [3.63, 3.8) is 0 Å². The van der Waals surface area contributed by atoms with E-state index < -0.39 is 29.3 Å². The predicted molar refractivity (Wildman–Crippen MR) is 98.2 cm³/mol. The third-order valence-electron chi connectivity index (χ3n) is 5.21. The fourth-order valence-corrected chi connectivity index (χ4v) is 3.52. The summed E-state index contributed by atoms with van der Waals surface area (Å²) in [7, 11) is 1.94. The molecule has 0 saturated carbocycles. The van der Waals surface area contributed by atoms with E-state index in [0.717, 1.165) is 6.07 Å². The molecule has 0 unspecified atom stereocenters. The largest absolute Gasteiger partial charge is 0.419 e. The summed E-state index contributed by atoms with van der Waals surface area (Å²) in [6, 6.07) is 7.93. The molecule has 8 heteroatoms. The highest BCUT2D eigenvalue weighted by Crippen LogP contribution is 2.32. The van der Waals surface area contributed by atoms with Gasteiger partial charge >= 0.3 is 6.18 Å². The summed E-state index contributed by atoms with van der Waals surface area (Å²) in [5.74, 6) is -2.60. The van der Waals surface area contributed by atoms with Gasteiger partial charge in [-0.2, -0.15) is 13.2 Å². The lowest BCUT2D eigenvalue weighted by molar-refractivity contribution is -0.140. The molecule has 156 valence electrons. The molecule has 1 fully saturated rings. The van der Waals surface area contributed by atoms with E-state index in [0.29, 0.717) is 38.1 Å². The Bertz CT molecular complexity index is 876. The average molecular weight is 412 g/mol. The van der Waals surface area contributed by atoms with Crippen molar-refractivity contribution in [3.05, 3.63) is 70.8 Å². The molecular formula is C21H21F5N2O. The van der Waals surface area contributed by atoms with Gasteiger partial charge in [-0.05, 0) is 57.2 Å². The van der Waals surface area contributed by atoms with Crippen molar-refractivity contribution >= 4 is 5.91 Å². The Morgan fingerprint density at radius 3 is 2.34 bits per heavy atom. The minimum Gasteiger partial charge on any atom is -0.331 e. The van der Waals surface area contributed by atoms with E-state index in [2.05, 4.69) is 4.90 Å². The minimum absolute atomic E-state index is 0.0708. The first-order valence-electron chi connectivity index (χ1n) is 9.26. The maximum atomic E-state index is 14.2. The molecule has 1 amide bonds. The van der Waals surface area contributed by atoms with Gasteiger partial charge in [-0.1, -0.05) is 18.2 Å². The van der Waals surface area contributed by atoms with Crippen LogP contribution in [-0.2, 0) is 12.7 Å². The van der Waals surface area contributed by atoms with Gasteiger partial charge in [0.2, 0.25) is 0 Å². The molecule has 1 saturated heterocycles. The van der Waals surface area contributed by atoms with Crippen molar-refractivity contribution in [2.24, 2.45) is 0 Å². The van der Waals surface area contributed by atoms with Crippen molar-refractivity contribution in [1.82, 2.24) is 9.80 Å². The highest BCUT2D eigenvalue weighted by molar-refractivity contribution is 5.94. The first-order valence-corrected chi connectivity index (χ1v) is 9.26. The molecule has 0 atom stereocenters. The van der Waals surface area contributed by atoms with Gasteiger partial charge in [0, 0.05) is 23.7 Å². The van der Waals surface area contributed by atoms with Gasteiger partial charge in [0.25, 0.3) is 5.91 Å². The van der Waals surface area contributed by atoms with Crippen LogP contribution in [0.2, 0.25) is 0 Å². The summed E-state index contributed by atoms with van der Waals surface area (Å²) < 4.78 is 67.0. The highest BCUT2D eigenvalue weighted by Gasteiger charge is 2.36. The number of carbonyl (C=O) groups is 1. The van der Waals surface area contributed by atoms with Crippen molar-refractivity contribution in [1.29, 1.82) is 0 Å². The van der Waals surface area contributed by atoms with Gasteiger partial charge in [0.05, 0.1) is 5.56 Å². The Morgan fingerprint density at radius 1 is 1.07 bits per heavy atom. The number of carbonyl (C=O) groups excluding carboxylic acids is 1. The minimum atomic E-state index is -4.91. The van der Waals surface area contributed by atoms with Crippen LogP contribution in [0.15, 0.2) is 42.5 Å². The molecule has 3 nitrogen and oxygen atoms in total. The quantitative estimate of drug-likeness (QED) is 0.679. The lowest BCUT2D eigenvalue weighted by Crippen LogP contribution is -2.46. The van der Waals surface area contributed by atoms with E-state index in [4.69, 9.17) is 0 Å². The zero-order valence-electron chi connectivity index (χ0n) is 15.8. The first-order chi connectivity index (χ1) is 13.7. The molecule has 29 heavy (non-hydrogen) atoms. The fraction of sp³-hybridized carbons (Fsp3) is 0.381. The number of hydrogen-bond donors (Lipinski definition) is 0. The standard InChI is InChI=1S/C21H21F5N2O/c1-27-10-8-16(9-11-27)28(13-15-4-2-3-5-18(15)22)20(29)14-6-7-19(23)17(12-14)21(24,25)26/h2-7,12,16H,8-11,13H2,1H3. The third kappa shape index (κ3) is 4.93. The molecule has 0 aromatic heterocycles. The van der Waals surface area contributed by atoms with Gasteiger partial charge < -0.3 is 9.80 Å². The number of rotatable bonds is 4. The summed E-state index contributed by atoms with van der Waals surface area (Å²) >= 11 is 0. The predicted octanol–water partition coefficient (Wildman–Crippen LogP) is 4.72. The number of alkyl halides is 3. The molecule has 1 aliphatic heterocycles. The van der Waals surface area contributed by atoms with Crippen molar-refractivity contribution in [3.8, 4) is 0 Å². The van der Waals surface area contributed by atoms with Crippen LogP contribution in [0, 0.1) is 11.6 Å². The number of likely N-dealkylation sites (tertiary alicyclic amines) is 1. The Morgan fingerprint density at radius 2 is 1.72 bits per heavy atom. The summed E-state index contributed by atoms with van der Waals surface area (Å²) in [6.45, 7) is 1.35. The molecule has 1 heterocycles. The van der Waals surface area contributed by atoms with E-state index in [9.17, 15) is 26.7 Å². The van der Waals surface area contributed by atoms with Gasteiger partial charge in [-0.3, -0.25) is 4.79 Å². The second-order valence-electron chi connectivity index (χ2n) is 7.25. The van der Waals surface area contributed by atoms with Gasteiger partial charge in [-0.15, -0.1) is 0 Å². The first kappa shape index (κ1) is 21.2. The maximum absolute atomic E-state index is 14.2. The SMILES string of the molecule is CN1CCC(N(Cc2ccccc2F)C(=O)c2ccc(F)c(C(F)(F)F)c2)CC1. The molecule has 2 aromatic carbocycles. The summed E-state index contributed by atoms with van der Waals surface area (Å²) in [5.41, 5.74) is -1.48. The van der Waals surface area contributed by atoms with E-state index >= 15 is 0 Å². The van der Waals surface area contributed by atoms with Crippen molar-refractivity contribution in [2.45, 2.75) is 31.6 Å². The molecule has 3 rings (SSSR count). The number of benzene rings is 2. The second-order valence-corrected chi connectivity index (χ2v) is 7.25. The van der Waals surface area contributed by atoms with Crippen LogP contribution in [0.1, 0.15) is 34.3 Å².